The average Bonchev–Trinajstić information content (AvgIpc) is 3.40. The molecular formula is C28H35N3O5. The maximum Gasteiger partial charge on any atom is 0.231 e. The van der Waals surface area contributed by atoms with E-state index < -0.39 is 5.41 Å². The molecule has 2 heterocycles. The Morgan fingerprint density at radius 1 is 0.944 bits per heavy atom. The molecule has 0 atom stereocenters. The van der Waals surface area contributed by atoms with Crippen LogP contribution in [0.15, 0.2) is 42.5 Å². The summed E-state index contributed by atoms with van der Waals surface area (Å²) in [6.07, 6.45) is 5.27. The van der Waals surface area contributed by atoms with E-state index in [1.165, 1.54) is 0 Å². The second kappa shape index (κ2) is 11.3. The maximum absolute atomic E-state index is 13.6. The molecule has 2 N–H and O–H groups in total. The van der Waals surface area contributed by atoms with Gasteiger partial charge in [0.15, 0.2) is 11.5 Å². The van der Waals surface area contributed by atoms with E-state index in [2.05, 4.69) is 15.5 Å². The first-order valence-corrected chi connectivity index (χ1v) is 13.0. The number of nitrogens with zero attached hydrogens (tertiary/aromatic N) is 1. The van der Waals surface area contributed by atoms with Crippen molar-refractivity contribution >= 4 is 17.5 Å². The van der Waals surface area contributed by atoms with Gasteiger partial charge in [-0.3, -0.25) is 14.5 Å². The lowest BCUT2D eigenvalue weighted by molar-refractivity contribution is -0.128. The minimum atomic E-state index is -0.565. The van der Waals surface area contributed by atoms with Crippen molar-refractivity contribution in [3.63, 3.8) is 0 Å². The van der Waals surface area contributed by atoms with Gasteiger partial charge in [-0.2, -0.15) is 0 Å². The summed E-state index contributed by atoms with van der Waals surface area (Å²) in [5.74, 6) is 1.48. The number of carbonyl (C=O) groups excluding carboxylic acids is 2. The van der Waals surface area contributed by atoms with Gasteiger partial charge in [-0.25, -0.2) is 0 Å². The van der Waals surface area contributed by atoms with E-state index in [1.54, 1.807) is 0 Å². The highest BCUT2D eigenvalue weighted by molar-refractivity contribution is 5.91. The first-order chi connectivity index (χ1) is 17.6. The third-order valence-electron chi connectivity index (χ3n) is 7.49. The van der Waals surface area contributed by atoms with Crippen molar-refractivity contribution in [3.05, 3.63) is 53.6 Å². The zero-order chi connectivity index (χ0) is 24.8. The number of anilines is 1. The highest BCUT2D eigenvalue weighted by Gasteiger charge is 2.41. The van der Waals surface area contributed by atoms with Crippen LogP contribution < -0.4 is 20.1 Å². The first kappa shape index (κ1) is 24.6. The number of amides is 2. The van der Waals surface area contributed by atoms with Crippen LogP contribution in [0, 0.1) is 0 Å². The van der Waals surface area contributed by atoms with Gasteiger partial charge in [-0.05, 0) is 48.2 Å². The molecule has 2 fully saturated rings. The summed E-state index contributed by atoms with van der Waals surface area (Å²) >= 11 is 0. The zero-order valence-corrected chi connectivity index (χ0v) is 20.7. The number of hydrogen-bond acceptors (Lipinski definition) is 6. The predicted octanol–water partition coefficient (Wildman–Crippen LogP) is 3.59. The summed E-state index contributed by atoms with van der Waals surface area (Å²) in [5.41, 5.74) is 2.12. The number of ether oxygens (including phenoxy) is 3. The molecule has 0 radical (unpaired) electrons. The first-order valence-electron chi connectivity index (χ1n) is 13.0. The molecule has 2 amide bonds. The molecule has 8 heteroatoms. The summed E-state index contributed by atoms with van der Waals surface area (Å²) in [5, 5.41) is 6.18. The molecule has 1 aliphatic carbocycles. The molecule has 3 aliphatic rings. The van der Waals surface area contributed by atoms with Gasteiger partial charge in [0.2, 0.25) is 18.6 Å². The van der Waals surface area contributed by atoms with Crippen molar-refractivity contribution in [2.75, 3.05) is 45.0 Å². The normalized spacial score (nSPS) is 19.0. The smallest absolute Gasteiger partial charge is 0.231 e. The number of fused-ring (bicyclic) bond motifs is 1. The molecule has 36 heavy (non-hydrogen) atoms. The summed E-state index contributed by atoms with van der Waals surface area (Å²) in [4.78, 5) is 28.3. The van der Waals surface area contributed by atoms with Gasteiger partial charge in [-0.15, -0.1) is 0 Å². The van der Waals surface area contributed by atoms with Crippen molar-refractivity contribution in [2.24, 2.45) is 0 Å². The number of carbonyl (C=O) groups is 2. The Labute approximate surface area is 212 Å². The minimum absolute atomic E-state index is 0.00774. The van der Waals surface area contributed by atoms with Crippen LogP contribution in [0.3, 0.4) is 0 Å². The molecule has 0 unspecified atom stereocenters. The second-order valence-corrected chi connectivity index (χ2v) is 9.85. The quantitative estimate of drug-likeness (QED) is 0.584. The Balaban J connectivity index is 1.20. The fourth-order valence-electron chi connectivity index (χ4n) is 5.41. The van der Waals surface area contributed by atoms with Crippen LogP contribution in [0.1, 0.15) is 49.7 Å². The number of nitrogens with one attached hydrogen (secondary N) is 2. The molecule has 2 aromatic carbocycles. The monoisotopic (exact) mass is 493 g/mol. The number of morpholine rings is 1. The molecule has 0 aromatic heterocycles. The highest BCUT2D eigenvalue weighted by atomic mass is 16.7. The Morgan fingerprint density at radius 3 is 2.58 bits per heavy atom. The van der Waals surface area contributed by atoms with Gasteiger partial charge in [-0.1, -0.05) is 37.5 Å². The molecule has 2 aromatic rings. The average molecular weight is 494 g/mol. The SMILES string of the molecule is O=C(CCN1CCOCC1)Nc1cccc(CNC(=O)C2(c3ccc4c(c3)OCO4)CCCCC2)c1. The third-order valence-corrected chi connectivity index (χ3v) is 7.49. The molecular weight excluding hydrogens is 458 g/mol. The molecule has 2 aliphatic heterocycles. The Kier molecular flexibility index (Phi) is 7.72. The number of hydrogen-bond donors (Lipinski definition) is 2. The van der Waals surface area contributed by atoms with E-state index in [0.29, 0.717) is 18.7 Å². The van der Waals surface area contributed by atoms with Crippen LogP contribution in [0.5, 0.6) is 11.5 Å². The van der Waals surface area contributed by atoms with Crippen LogP contribution in [0.25, 0.3) is 0 Å². The van der Waals surface area contributed by atoms with Gasteiger partial charge < -0.3 is 24.8 Å². The van der Waals surface area contributed by atoms with Gasteiger partial charge in [0, 0.05) is 38.3 Å². The lowest BCUT2D eigenvalue weighted by atomic mass is 9.68. The molecule has 1 saturated carbocycles. The van der Waals surface area contributed by atoms with E-state index in [-0.39, 0.29) is 18.6 Å². The molecule has 0 spiro atoms. The largest absolute Gasteiger partial charge is 0.454 e. The van der Waals surface area contributed by atoms with Crippen LogP contribution in [-0.2, 0) is 26.3 Å². The fourth-order valence-corrected chi connectivity index (χ4v) is 5.41. The van der Waals surface area contributed by atoms with Crippen LogP contribution >= 0.6 is 0 Å². The van der Waals surface area contributed by atoms with Crippen molar-refractivity contribution in [2.45, 2.75) is 50.5 Å². The van der Waals surface area contributed by atoms with E-state index in [0.717, 1.165) is 87.5 Å². The van der Waals surface area contributed by atoms with E-state index >= 15 is 0 Å². The standard InChI is InChI=1S/C28H35N3O5/c32-26(9-12-31-13-15-34-16-14-31)30-23-6-4-5-21(17-23)19-29-27(33)28(10-2-1-3-11-28)22-7-8-24-25(18-22)36-20-35-24/h4-8,17-18H,1-3,9-16,19-20H2,(H,29,33)(H,30,32). The Hall–Kier alpha value is -3.10. The molecule has 0 bridgehead atoms. The van der Waals surface area contributed by atoms with Crippen LogP contribution in [0.2, 0.25) is 0 Å². The molecule has 8 nitrogen and oxygen atoms in total. The highest BCUT2D eigenvalue weighted by Crippen LogP contribution is 2.43. The topological polar surface area (TPSA) is 89.1 Å². The van der Waals surface area contributed by atoms with Crippen LogP contribution in [-0.4, -0.2) is 56.4 Å². The Morgan fingerprint density at radius 2 is 1.75 bits per heavy atom. The van der Waals surface area contributed by atoms with Gasteiger partial charge in [0.05, 0.1) is 18.6 Å². The lowest BCUT2D eigenvalue weighted by Gasteiger charge is -2.36. The van der Waals surface area contributed by atoms with E-state index in [1.807, 2.05) is 42.5 Å². The minimum Gasteiger partial charge on any atom is -0.454 e. The van der Waals surface area contributed by atoms with E-state index in [9.17, 15) is 9.59 Å². The molecule has 1 saturated heterocycles. The zero-order valence-electron chi connectivity index (χ0n) is 20.7. The summed E-state index contributed by atoms with van der Waals surface area (Å²) in [6.45, 7) is 4.55. The second-order valence-electron chi connectivity index (χ2n) is 9.85. The third kappa shape index (κ3) is 5.65. The molecule has 192 valence electrons. The fraction of sp³-hybridized carbons (Fsp3) is 0.500. The van der Waals surface area contributed by atoms with Crippen molar-refractivity contribution in [3.8, 4) is 11.5 Å². The van der Waals surface area contributed by atoms with Crippen LogP contribution in [0.4, 0.5) is 5.69 Å². The van der Waals surface area contributed by atoms with Crippen molar-refractivity contribution in [1.29, 1.82) is 0 Å². The summed E-state index contributed by atoms with van der Waals surface area (Å²) in [7, 11) is 0. The van der Waals surface area contributed by atoms with E-state index in [4.69, 9.17) is 14.2 Å². The van der Waals surface area contributed by atoms with Crippen molar-refractivity contribution in [1.82, 2.24) is 10.2 Å². The maximum atomic E-state index is 13.6. The lowest BCUT2D eigenvalue weighted by Crippen LogP contribution is -2.45. The summed E-state index contributed by atoms with van der Waals surface area (Å²) < 4.78 is 16.4. The number of rotatable bonds is 8. The molecule has 5 rings (SSSR count). The van der Waals surface area contributed by atoms with Gasteiger partial charge in [0.1, 0.15) is 0 Å². The summed E-state index contributed by atoms with van der Waals surface area (Å²) in [6, 6.07) is 13.6. The van der Waals surface area contributed by atoms with Gasteiger partial charge >= 0.3 is 0 Å². The number of benzene rings is 2. The Bertz CT molecular complexity index is 1080. The van der Waals surface area contributed by atoms with Crippen molar-refractivity contribution < 1.29 is 23.8 Å². The predicted molar refractivity (Wildman–Crippen MR) is 136 cm³/mol. The van der Waals surface area contributed by atoms with Gasteiger partial charge in [0.25, 0.3) is 0 Å².